The van der Waals surface area contributed by atoms with Crippen LogP contribution in [-0.4, -0.2) is 100 Å². The van der Waals surface area contributed by atoms with Gasteiger partial charge in [0.05, 0.1) is 0 Å². The molecule has 0 aromatic rings. The SMILES string of the molecule is CN=C(NCC(C)N1CCN(C)CC1)N(C)CCC1CCOCC1.I. The van der Waals surface area contributed by atoms with E-state index >= 15 is 0 Å². The fourth-order valence-corrected chi connectivity index (χ4v) is 3.53. The summed E-state index contributed by atoms with van der Waals surface area (Å²) >= 11 is 0. The molecule has 0 aromatic heterocycles. The van der Waals surface area contributed by atoms with Crippen molar-refractivity contribution in [2.45, 2.75) is 32.2 Å². The first-order valence-corrected chi connectivity index (χ1v) is 9.52. The molecule has 2 saturated heterocycles. The molecule has 1 N–H and O–H groups in total. The van der Waals surface area contributed by atoms with E-state index in [-0.39, 0.29) is 24.0 Å². The van der Waals surface area contributed by atoms with E-state index in [9.17, 15) is 0 Å². The summed E-state index contributed by atoms with van der Waals surface area (Å²) in [6.07, 6.45) is 3.65. The number of piperazine rings is 1. The van der Waals surface area contributed by atoms with Crippen molar-refractivity contribution in [3.8, 4) is 0 Å². The zero-order chi connectivity index (χ0) is 17.4. The normalized spacial score (nSPS) is 22.3. The first-order chi connectivity index (χ1) is 11.6. The summed E-state index contributed by atoms with van der Waals surface area (Å²) in [5, 5.41) is 3.56. The number of hydrogen-bond donors (Lipinski definition) is 1. The zero-order valence-corrected chi connectivity index (χ0v) is 18.9. The Bertz CT molecular complexity index is 382. The molecule has 0 aromatic carbocycles. The Balaban J connectivity index is 0.00000312. The summed E-state index contributed by atoms with van der Waals surface area (Å²) in [4.78, 5) is 11.7. The maximum atomic E-state index is 5.45. The van der Waals surface area contributed by atoms with Crippen LogP contribution in [0.15, 0.2) is 4.99 Å². The Morgan fingerprint density at radius 3 is 2.48 bits per heavy atom. The fourth-order valence-electron chi connectivity index (χ4n) is 3.53. The molecule has 0 saturated carbocycles. The van der Waals surface area contributed by atoms with Crippen LogP contribution in [0.3, 0.4) is 0 Å². The van der Waals surface area contributed by atoms with Gasteiger partial charge in [-0.1, -0.05) is 0 Å². The molecule has 0 bridgehead atoms. The summed E-state index contributed by atoms with van der Waals surface area (Å²) in [5.41, 5.74) is 0. The van der Waals surface area contributed by atoms with Gasteiger partial charge in [-0.15, -0.1) is 24.0 Å². The second kappa shape index (κ2) is 12.3. The van der Waals surface area contributed by atoms with Crippen LogP contribution in [0.25, 0.3) is 0 Å². The van der Waals surface area contributed by atoms with E-state index in [1.807, 2.05) is 7.05 Å². The van der Waals surface area contributed by atoms with Crippen molar-refractivity contribution in [2.24, 2.45) is 10.9 Å². The third kappa shape index (κ3) is 7.97. The second-order valence-electron chi connectivity index (χ2n) is 7.38. The van der Waals surface area contributed by atoms with Gasteiger partial charge in [-0.05, 0) is 39.2 Å². The van der Waals surface area contributed by atoms with Crippen LogP contribution in [0.4, 0.5) is 0 Å². The minimum atomic E-state index is 0. The predicted molar refractivity (Wildman–Crippen MR) is 116 cm³/mol. The summed E-state index contributed by atoms with van der Waals surface area (Å²) in [6, 6.07) is 0.541. The van der Waals surface area contributed by atoms with Crippen LogP contribution in [0.5, 0.6) is 0 Å². The molecular formula is C18H38IN5O. The maximum absolute atomic E-state index is 5.45. The molecule has 0 spiro atoms. The lowest BCUT2D eigenvalue weighted by molar-refractivity contribution is 0.0625. The summed E-state index contributed by atoms with van der Waals surface area (Å²) < 4.78 is 5.45. The van der Waals surface area contributed by atoms with Crippen molar-refractivity contribution in [2.75, 3.05) is 73.6 Å². The van der Waals surface area contributed by atoms with Gasteiger partial charge in [0.15, 0.2) is 5.96 Å². The minimum absolute atomic E-state index is 0. The Morgan fingerprint density at radius 2 is 1.88 bits per heavy atom. The van der Waals surface area contributed by atoms with E-state index in [0.717, 1.165) is 51.3 Å². The van der Waals surface area contributed by atoms with Crippen LogP contribution < -0.4 is 5.32 Å². The first kappa shape index (κ1) is 22.9. The first-order valence-electron chi connectivity index (χ1n) is 9.52. The highest BCUT2D eigenvalue weighted by molar-refractivity contribution is 14.0. The second-order valence-corrected chi connectivity index (χ2v) is 7.38. The molecule has 0 amide bonds. The molecule has 25 heavy (non-hydrogen) atoms. The maximum Gasteiger partial charge on any atom is 0.193 e. The number of nitrogens with zero attached hydrogens (tertiary/aromatic N) is 4. The lowest BCUT2D eigenvalue weighted by Gasteiger charge is -2.37. The molecule has 2 rings (SSSR count). The molecule has 1 atom stereocenters. The number of guanidine groups is 1. The van der Waals surface area contributed by atoms with Crippen molar-refractivity contribution in [1.29, 1.82) is 0 Å². The predicted octanol–water partition coefficient (Wildman–Crippen LogP) is 1.56. The van der Waals surface area contributed by atoms with Crippen LogP contribution >= 0.6 is 24.0 Å². The van der Waals surface area contributed by atoms with E-state index < -0.39 is 0 Å². The van der Waals surface area contributed by atoms with Crippen LogP contribution in [0.2, 0.25) is 0 Å². The molecule has 2 aliphatic rings. The molecule has 1 unspecified atom stereocenters. The van der Waals surface area contributed by atoms with Crippen LogP contribution in [0, 0.1) is 5.92 Å². The summed E-state index contributed by atoms with van der Waals surface area (Å²) in [6.45, 7) is 10.9. The van der Waals surface area contributed by atoms with Crippen LogP contribution in [0.1, 0.15) is 26.2 Å². The van der Waals surface area contributed by atoms with Gasteiger partial charge in [-0.3, -0.25) is 9.89 Å². The van der Waals surface area contributed by atoms with Gasteiger partial charge in [0.1, 0.15) is 0 Å². The van der Waals surface area contributed by atoms with E-state index in [1.54, 1.807) is 0 Å². The Kier molecular flexibility index (Phi) is 11.3. The molecule has 148 valence electrons. The van der Waals surface area contributed by atoms with E-state index in [4.69, 9.17) is 4.74 Å². The molecule has 0 radical (unpaired) electrons. The average Bonchev–Trinajstić information content (AvgIpc) is 2.61. The van der Waals surface area contributed by atoms with E-state index in [2.05, 4.69) is 46.0 Å². The Morgan fingerprint density at radius 1 is 1.24 bits per heavy atom. The topological polar surface area (TPSA) is 43.3 Å². The largest absolute Gasteiger partial charge is 0.381 e. The van der Waals surface area contributed by atoms with E-state index in [0.29, 0.717) is 6.04 Å². The van der Waals surface area contributed by atoms with Crippen molar-refractivity contribution in [1.82, 2.24) is 20.0 Å². The summed E-state index contributed by atoms with van der Waals surface area (Å²) in [5.74, 6) is 1.83. The Labute approximate surface area is 171 Å². The van der Waals surface area contributed by atoms with Gasteiger partial charge in [-0.2, -0.15) is 0 Å². The lowest BCUT2D eigenvalue weighted by Crippen LogP contribution is -2.52. The van der Waals surface area contributed by atoms with E-state index in [1.165, 1.54) is 32.4 Å². The van der Waals surface area contributed by atoms with Crippen molar-refractivity contribution < 1.29 is 4.74 Å². The van der Waals surface area contributed by atoms with Gasteiger partial charge >= 0.3 is 0 Å². The van der Waals surface area contributed by atoms with Crippen molar-refractivity contribution in [3.05, 3.63) is 0 Å². The lowest BCUT2D eigenvalue weighted by atomic mass is 9.96. The smallest absolute Gasteiger partial charge is 0.193 e. The highest BCUT2D eigenvalue weighted by Gasteiger charge is 2.20. The molecular weight excluding hydrogens is 429 g/mol. The monoisotopic (exact) mass is 467 g/mol. The van der Waals surface area contributed by atoms with Crippen LogP contribution in [-0.2, 0) is 4.74 Å². The van der Waals surface area contributed by atoms with Gasteiger partial charge in [0.25, 0.3) is 0 Å². The number of ether oxygens (including phenoxy) is 1. The molecule has 2 aliphatic heterocycles. The number of rotatable bonds is 6. The van der Waals surface area contributed by atoms with Crippen molar-refractivity contribution >= 4 is 29.9 Å². The minimum Gasteiger partial charge on any atom is -0.381 e. The van der Waals surface area contributed by atoms with Crippen molar-refractivity contribution in [3.63, 3.8) is 0 Å². The molecule has 2 fully saturated rings. The fraction of sp³-hybridized carbons (Fsp3) is 0.944. The molecule has 6 nitrogen and oxygen atoms in total. The molecule has 0 aliphatic carbocycles. The quantitative estimate of drug-likeness (QED) is 0.365. The standard InChI is InChI=1S/C18H37N5O.HI/c1-16(23-11-9-21(3)10-12-23)15-20-18(19-2)22(4)8-5-17-6-13-24-14-7-17;/h16-17H,5-15H2,1-4H3,(H,19,20);1H. The molecule has 2 heterocycles. The number of halogens is 1. The number of aliphatic imine (C=N–C) groups is 1. The average molecular weight is 467 g/mol. The van der Waals surface area contributed by atoms with Gasteiger partial charge in [-0.25, -0.2) is 0 Å². The highest BCUT2D eigenvalue weighted by Crippen LogP contribution is 2.18. The highest BCUT2D eigenvalue weighted by atomic mass is 127. The van der Waals surface area contributed by atoms with Gasteiger partial charge in [0.2, 0.25) is 0 Å². The summed E-state index contributed by atoms with van der Waals surface area (Å²) in [7, 11) is 6.23. The number of hydrogen-bond acceptors (Lipinski definition) is 4. The Hall–Kier alpha value is -0.120. The third-order valence-corrected chi connectivity index (χ3v) is 5.50. The zero-order valence-electron chi connectivity index (χ0n) is 16.5. The number of nitrogens with one attached hydrogen (secondary N) is 1. The third-order valence-electron chi connectivity index (χ3n) is 5.50. The number of likely N-dealkylation sites (N-methyl/N-ethyl adjacent to an activating group) is 1. The van der Waals surface area contributed by atoms with Gasteiger partial charge < -0.3 is 19.9 Å². The molecule has 7 heteroatoms. The van der Waals surface area contributed by atoms with Gasteiger partial charge in [0, 0.05) is 72.6 Å².